The minimum Gasteiger partial charge on any atom is -0.456 e. The third-order valence-electron chi connectivity index (χ3n) is 10.4. The van der Waals surface area contributed by atoms with E-state index in [-0.39, 0.29) is 22.9 Å². The van der Waals surface area contributed by atoms with Crippen LogP contribution in [0, 0.1) is 33.6 Å². The lowest BCUT2D eigenvalue weighted by molar-refractivity contribution is 0.443. The number of sulfonamides is 1. The fourth-order valence-electron chi connectivity index (χ4n) is 7.22. The average molecular weight is 764 g/mol. The molecule has 0 aromatic heterocycles. The van der Waals surface area contributed by atoms with Gasteiger partial charge in [0, 0.05) is 28.5 Å². The molecule has 1 aliphatic rings. The monoisotopic (exact) mass is 763 g/mol. The van der Waals surface area contributed by atoms with Crippen LogP contribution in [0.3, 0.4) is 0 Å². The summed E-state index contributed by atoms with van der Waals surface area (Å²) in [6, 6.07) is 28.2. The first-order valence-electron chi connectivity index (χ1n) is 18.6. The van der Waals surface area contributed by atoms with Gasteiger partial charge in [-0.25, -0.2) is 13.1 Å². The molecule has 1 unspecified atom stereocenters. The van der Waals surface area contributed by atoms with E-state index in [2.05, 4.69) is 81.8 Å². The summed E-state index contributed by atoms with van der Waals surface area (Å²) in [5.74, 6) is 1.19. The van der Waals surface area contributed by atoms with Crippen LogP contribution in [0.5, 0.6) is 11.5 Å². The van der Waals surface area contributed by atoms with Gasteiger partial charge in [0.1, 0.15) is 16.4 Å². The molecule has 282 valence electrons. The topological polar surface area (TPSA) is 110 Å². The minimum atomic E-state index is -4.89. The standard InChI is InChI=1S/C45H49NO6S2/c1-7-9-10-33(8-2)28-46-53(47,48)38-17-20-41(44(27-38)54(49,50)51)45-39-18-13-34(23-36-15-11-29(3)21-31(36)5)25-42(39)52-43-26-35(14-19-40(43)45)24-37-16-12-30(4)22-32(37)6/h11-23,25-27,33,46H,7-10,24,28H2,1-6H3,(H,49,50,51)/b34-23+. The number of hydrogen-bond acceptors (Lipinski definition) is 5. The highest BCUT2D eigenvalue weighted by Crippen LogP contribution is 2.39. The van der Waals surface area contributed by atoms with Gasteiger partial charge in [-0.3, -0.25) is 4.55 Å². The van der Waals surface area contributed by atoms with E-state index in [1.807, 2.05) is 43.3 Å². The zero-order valence-corrected chi connectivity index (χ0v) is 33.5. The molecule has 0 amide bonds. The molecule has 0 radical (unpaired) electrons. The molecule has 0 fully saturated rings. The van der Waals surface area contributed by atoms with Crippen LogP contribution in [-0.4, -0.2) is 27.9 Å². The van der Waals surface area contributed by atoms with Crippen LogP contribution in [0.4, 0.5) is 0 Å². The van der Waals surface area contributed by atoms with Crippen molar-refractivity contribution in [2.45, 2.75) is 83.4 Å². The second kappa shape index (κ2) is 16.1. The zero-order valence-electron chi connectivity index (χ0n) is 31.9. The molecule has 1 heterocycles. The van der Waals surface area contributed by atoms with Gasteiger partial charge in [0.05, 0.1) is 4.90 Å². The molecular weight excluding hydrogens is 715 g/mol. The average Bonchev–Trinajstić information content (AvgIpc) is 3.12. The summed E-state index contributed by atoms with van der Waals surface area (Å²) in [7, 11) is -8.98. The summed E-state index contributed by atoms with van der Waals surface area (Å²) in [5, 5.41) is 1.50. The largest absolute Gasteiger partial charge is 0.456 e. The predicted octanol–water partition coefficient (Wildman–Crippen LogP) is 8.43. The molecule has 1 aliphatic heterocycles. The van der Waals surface area contributed by atoms with Gasteiger partial charge in [0.25, 0.3) is 10.1 Å². The van der Waals surface area contributed by atoms with Gasteiger partial charge in [-0.05, 0) is 116 Å². The highest BCUT2D eigenvalue weighted by Gasteiger charge is 2.28. The Kier molecular flexibility index (Phi) is 11.6. The Morgan fingerprint density at radius 2 is 1.48 bits per heavy atom. The van der Waals surface area contributed by atoms with E-state index in [0.717, 1.165) is 53.7 Å². The number of ether oxygens (including phenoxy) is 1. The molecule has 6 rings (SSSR count). The summed E-state index contributed by atoms with van der Waals surface area (Å²) < 4.78 is 73.3. The van der Waals surface area contributed by atoms with E-state index in [1.54, 1.807) is 0 Å². The van der Waals surface area contributed by atoms with Gasteiger partial charge in [-0.15, -0.1) is 0 Å². The maximum absolute atomic E-state index is 13.5. The number of fused-ring (bicyclic) bond motifs is 2. The van der Waals surface area contributed by atoms with Crippen molar-refractivity contribution in [3.05, 3.63) is 152 Å². The normalized spacial score (nSPS) is 13.7. The first-order chi connectivity index (χ1) is 25.7. The number of unbranched alkanes of at least 4 members (excludes halogenated alkanes) is 1. The SMILES string of the molecule is CCCCC(CC)CNS(=O)(=O)c1ccc(C2=c3cc/c(=C\c4ccc(C)cc4C)cc3Oc3cc(Cc4ccc(C)cc4C)ccc32)c(S(=O)(=O)O)c1. The quantitative estimate of drug-likeness (QED) is 0.114. The Bertz CT molecular complexity index is 2580. The zero-order chi connectivity index (χ0) is 38.8. The van der Waals surface area contributed by atoms with Gasteiger partial charge in [0.15, 0.2) is 0 Å². The summed E-state index contributed by atoms with van der Waals surface area (Å²) in [5.41, 5.74) is 9.24. The van der Waals surface area contributed by atoms with E-state index in [9.17, 15) is 21.4 Å². The molecule has 0 saturated heterocycles. The summed E-state index contributed by atoms with van der Waals surface area (Å²) in [6.07, 6.45) is 6.45. The van der Waals surface area contributed by atoms with Crippen LogP contribution >= 0.6 is 0 Å². The van der Waals surface area contributed by atoms with E-state index in [1.165, 1.54) is 34.4 Å². The Morgan fingerprint density at radius 1 is 0.759 bits per heavy atom. The third kappa shape index (κ3) is 8.71. The van der Waals surface area contributed by atoms with Crippen molar-refractivity contribution in [1.29, 1.82) is 0 Å². The molecule has 0 aliphatic carbocycles. The van der Waals surface area contributed by atoms with Gasteiger partial charge < -0.3 is 4.74 Å². The van der Waals surface area contributed by atoms with Crippen molar-refractivity contribution in [3.8, 4) is 11.5 Å². The third-order valence-corrected chi connectivity index (χ3v) is 12.7. The maximum atomic E-state index is 13.5. The van der Waals surface area contributed by atoms with E-state index >= 15 is 0 Å². The van der Waals surface area contributed by atoms with Gasteiger partial charge in [-0.2, -0.15) is 8.42 Å². The van der Waals surface area contributed by atoms with Crippen LogP contribution in [0.25, 0.3) is 11.6 Å². The van der Waals surface area contributed by atoms with Crippen LogP contribution in [0.1, 0.15) is 89.6 Å². The highest BCUT2D eigenvalue weighted by atomic mass is 32.2. The summed E-state index contributed by atoms with van der Waals surface area (Å²) in [4.78, 5) is -0.734. The molecule has 1 atom stereocenters. The second-order valence-corrected chi connectivity index (χ2v) is 17.7. The maximum Gasteiger partial charge on any atom is 0.295 e. The van der Waals surface area contributed by atoms with Crippen molar-refractivity contribution in [1.82, 2.24) is 4.72 Å². The molecule has 0 bridgehead atoms. The van der Waals surface area contributed by atoms with Crippen molar-refractivity contribution in [3.63, 3.8) is 0 Å². The predicted molar refractivity (Wildman–Crippen MR) is 217 cm³/mol. The number of aryl methyl sites for hydroxylation is 4. The van der Waals surface area contributed by atoms with E-state index < -0.39 is 25.0 Å². The van der Waals surface area contributed by atoms with Crippen molar-refractivity contribution in [2.75, 3.05) is 6.54 Å². The molecular formula is C45H49NO6S2. The summed E-state index contributed by atoms with van der Waals surface area (Å²) >= 11 is 0. The number of rotatable bonds is 13. The Balaban J connectivity index is 1.51. The van der Waals surface area contributed by atoms with Crippen LogP contribution in [0.2, 0.25) is 0 Å². The lowest BCUT2D eigenvalue weighted by Crippen LogP contribution is -2.29. The Hall–Kier alpha value is -4.54. The van der Waals surface area contributed by atoms with E-state index in [4.69, 9.17) is 4.74 Å². The van der Waals surface area contributed by atoms with Crippen molar-refractivity contribution in [2.24, 2.45) is 5.92 Å². The molecule has 5 aromatic rings. The fourth-order valence-corrected chi connectivity index (χ4v) is 9.16. The van der Waals surface area contributed by atoms with Crippen LogP contribution in [0.15, 0.2) is 101 Å². The number of hydrogen-bond donors (Lipinski definition) is 2. The molecule has 7 nitrogen and oxygen atoms in total. The minimum absolute atomic E-state index is 0.155. The van der Waals surface area contributed by atoms with Crippen molar-refractivity contribution >= 4 is 31.8 Å². The van der Waals surface area contributed by atoms with Crippen molar-refractivity contribution < 1.29 is 26.1 Å². The lowest BCUT2D eigenvalue weighted by atomic mass is 9.90. The number of benzene rings is 5. The molecule has 9 heteroatoms. The molecule has 0 saturated carbocycles. The first kappa shape index (κ1) is 39.2. The van der Waals surface area contributed by atoms with Gasteiger partial charge in [0.2, 0.25) is 10.0 Å². The van der Waals surface area contributed by atoms with Crippen LogP contribution < -0.4 is 19.9 Å². The van der Waals surface area contributed by atoms with Gasteiger partial charge in [-0.1, -0.05) is 105 Å². The smallest absolute Gasteiger partial charge is 0.295 e. The Labute approximate surface area is 320 Å². The van der Waals surface area contributed by atoms with Crippen LogP contribution in [-0.2, 0) is 26.6 Å². The highest BCUT2D eigenvalue weighted by molar-refractivity contribution is 7.89. The van der Waals surface area contributed by atoms with Gasteiger partial charge >= 0.3 is 0 Å². The molecule has 5 aromatic carbocycles. The number of nitrogens with one attached hydrogen (secondary N) is 1. The molecule has 0 spiro atoms. The molecule has 54 heavy (non-hydrogen) atoms. The summed E-state index contributed by atoms with van der Waals surface area (Å²) in [6.45, 7) is 12.6. The Morgan fingerprint density at radius 3 is 2.17 bits per heavy atom. The second-order valence-electron chi connectivity index (χ2n) is 14.6. The molecule has 2 N–H and O–H groups in total. The fraction of sp³-hybridized carbons (Fsp3) is 0.289. The lowest BCUT2D eigenvalue weighted by Gasteiger charge is -2.23. The van der Waals surface area contributed by atoms with E-state index in [0.29, 0.717) is 34.3 Å². The first-order valence-corrected chi connectivity index (χ1v) is 21.5.